The lowest BCUT2D eigenvalue weighted by molar-refractivity contribution is -0.0429. The summed E-state index contributed by atoms with van der Waals surface area (Å²) in [6.45, 7) is 7.67. The molecule has 3 nitrogen and oxygen atoms in total. The normalized spacial score (nSPS) is 15.0. The highest BCUT2D eigenvalue weighted by atomic mass is 19.1. The highest BCUT2D eigenvalue weighted by Gasteiger charge is 2.36. The number of fused-ring (bicyclic) bond motifs is 1. The van der Waals surface area contributed by atoms with Gasteiger partial charge in [-0.1, -0.05) is 26.0 Å². The van der Waals surface area contributed by atoms with Crippen LogP contribution in [0.4, 0.5) is 4.39 Å². The minimum atomic E-state index is -0.799. The molecule has 0 N–H and O–H groups in total. The van der Waals surface area contributed by atoms with Gasteiger partial charge in [-0.2, -0.15) is 0 Å². The second kappa shape index (κ2) is 5.37. The van der Waals surface area contributed by atoms with Crippen molar-refractivity contribution in [3.63, 3.8) is 0 Å². The third-order valence-corrected chi connectivity index (χ3v) is 3.89. The molecule has 1 heterocycles. The Morgan fingerprint density at radius 2 is 1.78 bits per heavy atom. The smallest absolute Gasteiger partial charge is 0.246 e. The van der Waals surface area contributed by atoms with Gasteiger partial charge in [-0.05, 0) is 35.2 Å². The molecule has 0 saturated heterocycles. The van der Waals surface area contributed by atoms with Gasteiger partial charge in [-0.15, -0.1) is 0 Å². The van der Waals surface area contributed by atoms with E-state index in [-0.39, 0.29) is 11.7 Å². The van der Waals surface area contributed by atoms with Crippen LogP contribution in [0.5, 0.6) is 11.5 Å². The van der Waals surface area contributed by atoms with Crippen molar-refractivity contribution in [1.82, 2.24) is 0 Å². The minimum Gasteiger partial charge on any atom is -0.449 e. The molecule has 0 unspecified atom stereocenters. The predicted octanol–water partition coefficient (Wildman–Crippen LogP) is 4.94. The van der Waals surface area contributed by atoms with E-state index in [9.17, 15) is 9.18 Å². The topological polar surface area (TPSA) is 35.5 Å². The zero-order valence-corrected chi connectivity index (χ0v) is 13.6. The summed E-state index contributed by atoms with van der Waals surface area (Å²) in [7, 11) is 0. The summed E-state index contributed by atoms with van der Waals surface area (Å²) in [6.07, 6.45) is 0.836. The van der Waals surface area contributed by atoms with Crippen LogP contribution in [0.3, 0.4) is 0 Å². The Morgan fingerprint density at radius 1 is 1.13 bits per heavy atom. The zero-order valence-electron chi connectivity index (χ0n) is 13.6. The maximum Gasteiger partial charge on any atom is 0.246 e. The van der Waals surface area contributed by atoms with Gasteiger partial charge in [0.2, 0.25) is 5.79 Å². The SMILES string of the molecule is CC(C)c1cc2c(c(-c3ccc(F)cc3)c1C=O)OC(C)(C)O2. The van der Waals surface area contributed by atoms with Crippen LogP contribution in [0.25, 0.3) is 11.1 Å². The molecule has 23 heavy (non-hydrogen) atoms. The molecule has 2 aromatic carbocycles. The van der Waals surface area contributed by atoms with Crippen LogP contribution in [0, 0.1) is 5.82 Å². The maximum atomic E-state index is 13.3. The summed E-state index contributed by atoms with van der Waals surface area (Å²) in [5, 5.41) is 0. The van der Waals surface area contributed by atoms with Gasteiger partial charge in [0.15, 0.2) is 17.8 Å². The lowest BCUT2D eigenvalue weighted by Crippen LogP contribution is -2.29. The van der Waals surface area contributed by atoms with Gasteiger partial charge in [0, 0.05) is 25.0 Å². The van der Waals surface area contributed by atoms with Gasteiger partial charge < -0.3 is 9.47 Å². The Morgan fingerprint density at radius 3 is 2.35 bits per heavy atom. The van der Waals surface area contributed by atoms with Gasteiger partial charge in [0.05, 0.1) is 0 Å². The molecule has 0 amide bonds. The molecule has 0 aliphatic carbocycles. The third kappa shape index (κ3) is 2.69. The van der Waals surface area contributed by atoms with E-state index in [1.165, 1.54) is 12.1 Å². The number of hydrogen-bond donors (Lipinski definition) is 0. The van der Waals surface area contributed by atoms with Gasteiger partial charge in [0.1, 0.15) is 5.82 Å². The highest BCUT2D eigenvalue weighted by Crippen LogP contribution is 2.49. The van der Waals surface area contributed by atoms with E-state index in [0.717, 1.165) is 17.4 Å². The van der Waals surface area contributed by atoms with Gasteiger partial charge in [0.25, 0.3) is 0 Å². The van der Waals surface area contributed by atoms with Crippen molar-refractivity contribution in [3.05, 3.63) is 47.3 Å². The first-order valence-electron chi connectivity index (χ1n) is 7.62. The fraction of sp³-hybridized carbons (Fsp3) is 0.316. The number of benzene rings is 2. The molecule has 3 rings (SSSR count). The standard InChI is InChI=1S/C19H19FO3/c1-11(2)14-9-16-18(23-19(3,4)22-16)17(15(14)10-21)12-5-7-13(20)8-6-12/h5-11H,1-4H3. The summed E-state index contributed by atoms with van der Waals surface area (Å²) < 4.78 is 25.0. The Balaban J connectivity index is 2.32. The predicted molar refractivity (Wildman–Crippen MR) is 86.6 cm³/mol. The van der Waals surface area contributed by atoms with Crippen LogP contribution < -0.4 is 9.47 Å². The van der Waals surface area contributed by atoms with Crippen molar-refractivity contribution in [2.24, 2.45) is 0 Å². The molecule has 2 aromatic rings. The molecule has 0 aromatic heterocycles. The van der Waals surface area contributed by atoms with E-state index < -0.39 is 5.79 Å². The van der Waals surface area contributed by atoms with Crippen LogP contribution in [-0.4, -0.2) is 12.1 Å². The highest BCUT2D eigenvalue weighted by molar-refractivity contribution is 5.94. The van der Waals surface area contributed by atoms with Crippen molar-refractivity contribution in [2.75, 3.05) is 0 Å². The monoisotopic (exact) mass is 314 g/mol. The van der Waals surface area contributed by atoms with Crippen LogP contribution in [0.2, 0.25) is 0 Å². The molecular weight excluding hydrogens is 295 g/mol. The Kier molecular flexibility index (Phi) is 3.63. The molecule has 120 valence electrons. The van der Waals surface area contributed by atoms with E-state index >= 15 is 0 Å². The first kappa shape index (κ1) is 15.5. The first-order valence-corrected chi connectivity index (χ1v) is 7.62. The fourth-order valence-corrected chi connectivity index (χ4v) is 2.89. The van der Waals surface area contributed by atoms with E-state index in [0.29, 0.717) is 22.6 Å². The van der Waals surface area contributed by atoms with Crippen LogP contribution in [0.15, 0.2) is 30.3 Å². The number of hydrogen-bond acceptors (Lipinski definition) is 3. The maximum absolute atomic E-state index is 13.3. The number of ether oxygens (including phenoxy) is 2. The number of carbonyl (C=O) groups excluding carboxylic acids is 1. The van der Waals surface area contributed by atoms with Crippen molar-refractivity contribution in [2.45, 2.75) is 39.4 Å². The molecular formula is C19H19FO3. The molecule has 0 radical (unpaired) electrons. The summed E-state index contributed by atoms with van der Waals surface area (Å²) >= 11 is 0. The van der Waals surface area contributed by atoms with Gasteiger partial charge >= 0.3 is 0 Å². The first-order chi connectivity index (χ1) is 10.8. The van der Waals surface area contributed by atoms with Crippen molar-refractivity contribution >= 4 is 6.29 Å². The number of aldehydes is 1. The van der Waals surface area contributed by atoms with Crippen molar-refractivity contribution < 1.29 is 18.7 Å². The van der Waals surface area contributed by atoms with Gasteiger partial charge in [-0.3, -0.25) is 4.79 Å². The second-order valence-electron chi connectivity index (χ2n) is 6.47. The summed E-state index contributed by atoms with van der Waals surface area (Å²) in [5.41, 5.74) is 2.84. The van der Waals surface area contributed by atoms with Crippen LogP contribution in [-0.2, 0) is 0 Å². The summed E-state index contributed by atoms with van der Waals surface area (Å²) in [4.78, 5) is 11.8. The van der Waals surface area contributed by atoms with E-state index in [1.807, 2.05) is 33.8 Å². The van der Waals surface area contributed by atoms with Crippen molar-refractivity contribution in [1.29, 1.82) is 0 Å². The number of carbonyl (C=O) groups is 1. The van der Waals surface area contributed by atoms with Gasteiger partial charge in [-0.25, -0.2) is 4.39 Å². The average Bonchev–Trinajstić information content (AvgIpc) is 2.79. The third-order valence-electron chi connectivity index (χ3n) is 3.89. The number of rotatable bonds is 3. The van der Waals surface area contributed by atoms with Crippen LogP contribution >= 0.6 is 0 Å². The fourth-order valence-electron chi connectivity index (χ4n) is 2.89. The quantitative estimate of drug-likeness (QED) is 0.753. The lowest BCUT2D eigenvalue weighted by Gasteiger charge is -2.17. The van der Waals surface area contributed by atoms with Crippen molar-refractivity contribution in [3.8, 4) is 22.6 Å². The molecule has 0 spiro atoms. The van der Waals surface area contributed by atoms with Crippen LogP contribution in [0.1, 0.15) is 49.5 Å². The molecule has 1 aliphatic rings. The Labute approximate surface area is 135 Å². The van der Waals surface area contributed by atoms with E-state index in [4.69, 9.17) is 9.47 Å². The molecule has 1 aliphatic heterocycles. The zero-order chi connectivity index (χ0) is 16.8. The molecule has 0 fully saturated rings. The molecule has 0 saturated carbocycles. The molecule has 0 bridgehead atoms. The minimum absolute atomic E-state index is 0.145. The lowest BCUT2D eigenvalue weighted by atomic mass is 9.89. The molecule has 4 heteroatoms. The largest absolute Gasteiger partial charge is 0.449 e. The summed E-state index contributed by atoms with van der Waals surface area (Å²) in [5.74, 6) is 0.173. The second-order valence-corrected chi connectivity index (χ2v) is 6.47. The average molecular weight is 314 g/mol. The van der Waals surface area contributed by atoms with E-state index in [1.54, 1.807) is 12.1 Å². The molecule has 0 atom stereocenters. The summed E-state index contributed by atoms with van der Waals surface area (Å²) in [6, 6.07) is 7.91. The Hall–Kier alpha value is -2.36. The van der Waals surface area contributed by atoms with E-state index in [2.05, 4.69) is 0 Å². The Bertz CT molecular complexity index is 761. The number of halogens is 1.